The summed E-state index contributed by atoms with van der Waals surface area (Å²) in [5, 5.41) is 10.9. The lowest BCUT2D eigenvalue weighted by Gasteiger charge is -2.12. The Balaban J connectivity index is 1.21. The normalized spacial score (nSPS) is 11.8. The van der Waals surface area contributed by atoms with E-state index in [1.54, 1.807) is 0 Å². The fourth-order valence-corrected chi connectivity index (χ4v) is 5.18. The molecule has 4 rings (SSSR count). The highest BCUT2D eigenvalue weighted by molar-refractivity contribution is 7.58. The van der Waals surface area contributed by atoms with Crippen LogP contribution < -0.4 is 10.5 Å². The number of benzene rings is 2. The summed E-state index contributed by atoms with van der Waals surface area (Å²) in [7, 11) is -3.77. The number of carbonyl (C=O) groups is 1. The Hall–Kier alpha value is -3.48. The maximum atomic E-state index is 11.0. The zero-order valence-corrected chi connectivity index (χ0v) is 26.2. The summed E-state index contributed by atoms with van der Waals surface area (Å²) in [5.74, 6) is 0.296. The zero-order valence-electron chi connectivity index (χ0n) is 25.4. The van der Waals surface area contributed by atoms with Crippen LogP contribution in [0.15, 0.2) is 48.7 Å². The van der Waals surface area contributed by atoms with E-state index in [4.69, 9.17) is 44.5 Å². The Labute approximate surface area is 262 Å². The molecule has 6 N–H and O–H groups in total. The summed E-state index contributed by atoms with van der Waals surface area (Å²) >= 11 is 0. The fourth-order valence-electron chi connectivity index (χ4n) is 4.81. The lowest BCUT2D eigenvalue weighted by Crippen LogP contribution is -2.13. The largest absolute Gasteiger partial charge is 0.491 e. The van der Waals surface area contributed by atoms with E-state index in [0.717, 1.165) is 51.6 Å². The number of rotatable bonds is 19. The van der Waals surface area contributed by atoms with Gasteiger partial charge in [0.25, 0.3) is 0 Å². The number of aliphatic carboxylic acids is 1. The monoisotopic (exact) mass is 642 g/mol. The molecule has 242 valence electrons. The molecule has 0 amide bonds. The number of hydrogen-bond acceptors (Lipinski definition) is 11. The molecule has 13 heteroatoms. The van der Waals surface area contributed by atoms with Crippen LogP contribution >= 0.6 is 7.94 Å². The molecular formula is C32H41N3O9P+. The zero-order chi connectivity index (χ0) is 32.2. The van der Waals surface area contributed by atoms with Crippen molar-refractivity contribution in [3.8, 4) is 5.75 Å². The molecule has 0 radical (unpaired) electrons. The third kappa shape index (κ3) is 11.1. The van der Waals surface area contributed by atoms with Crippen molar-refractivity contribution < 1.29 is 43.5 Å². The molecule has 45 heavy (non-hydrogen) atoms. The van der Waals surface area contributed by atoms with Crippen molar-refractivity contribution in [2.45, 2.75) is 32.6 Å². The lowest BCUT2D eigenvalue weighted by molar-refractivity contribution is -0.136. The number of carboxylic acids is 1. The molecule has 4 aromatic rings. The van der Waals surface area contributed by atoms with Gasteiger partial charge in [0.05, 0.1) is 45.2 Å². The average Bonchev–Trinajstić information content (AvgIpc) is 2.99. The molecule has 0 aliphatic rings. The molecule has 2 aromatic carbocycles. The highest BCUT2D eigenvalue weighted by Crippen LogP contribution is 2.43. The van der Waals surface area contributed by atoms with Crippen LogP contribution in [0.1, 0.15) is 28.7 Å². The standard InChI is InChI=1S/C32H40N3O9P/c1-22-18-26(44-15-14-42-11-10-41-12-13-43-16-17-45(38,39)40)7-6-25(22)5-2-24-19-28-27-8-3-23(4-9-30(36)37)20-29(27)35-32(33)31(28)34-21-24/h3,6-8,18-21,38-40H,2,4-5,9-17H2,1H3,(H2-,33,35,36,37)/p+1. The number of hydrogen-bond donors (Lipinski definition) is 5. The molecule has 12 nitrogen and oxygen atoms in total. The van der Waals surface area contributed by atoms with Crippen LogP contribution in [0, 0.1) is 6.92 Å². The van der Waals surface area contributed by atoms with E-state index >= 15 is 0 Å². The third-order valence-corrected chi connectivity index (χ3v) is 7.96. The van der Waals surface area contributed by atoms with Crippen LogP contribution in [0.25, 0.3) is 21.8 Å². The van der Waals surface area contributed by atoms with E-state index in [1.807, 2.05) is 36.5 Å². The van der Waals surface area contributed by atoms with Crippen molar-refractivity contribution in [3.63, 3.8) is 0 Å². The maximum absolute atomic E-state index is 11.0. The first-order chi connectivity index (χ1) is 21.6. The lowest BCUT2D eigenvalue weighted by atomic mass is 9.99. The molecule has 0 bridgehead atoms. The van der Waals surface area contributed by atoms with Crippen LogP contribution in [0.2, 0.25) is 0 Å². The Morgan fingerprint density at radius 1 is 0.822 bits per heavy atom. The van der Waals surface area contributed by atoms with E-state index in [1.165, 1.54) is 5.56 Å². The Morgan fingerprint density at radius 3 is 2.22 bits per heavy atom. The van der Waals surface area contributed by atoms with E-state index < -0.39 is 13.9 Å². The summed E-state index contributed by atoms with van der Waals surface area (Å²) in [6, 6.07) is 14.0. The maximum Gasteiger partial charge on any atom is 0.406 e. The van der Waals surface area contributed by atoms with Crippen LogP contribution in [0.3, 0.4) is 0 Å². The topological polar surface area (TPSA) is 187 Å². The van der Waals surface area contributed by atoms with Gasteiger partial charge < -0.3 is 29.8 Å². The van der Waals surface area contributed by atoms with Gasteiger partial charge >= 0.3 is 13.9 Å². The van der Waals surface area contributed by atoms with Crippen molar-refractivity contribution >= 4 is 41.5 Å². The minimum Gasteiger partial charge on any atom is -0.491 e. The smallest absolute Gasteiger partial charge is 0.406 e. The molecular weight excluding hydrogens is 601 g/mol. The number of carboxylic acid groups (broad SMARTS) is 1. The highest BCUT2D eigenvalue weighted by atomic mass is 31.2. The molecule has 0 atom stereocenters. The fraction of sp³-hybridized carbons (Fsp3) is 0.406. The Kier molecular flexibility index (Phi) is 12.8. The number of anilines is 1. The first kappa shape index (κ1) is 34.4. The van der Waals surface area contributed by atoms with Crippen LogP contribution in [0.5, 0.6) is 5.75 Å². The SMILES string of the molecule is Cc1cc(OCCOCCOCCOCC[P+](O)(O)O)ccc1CCc1cnc2c(N)nc3cc(CCC(=O)O)ccc3c2c1. The average molecular weight is 643 g/mol. The van der Waals surface area contributed by atoms with Crippen LogP contribution in [-0.4, -0.2) is 88.1 Å². The summed E-state index contributed by atoms with van der Waals surface area (Å²) in [4.78, 5) is 46.7. The minimum atomic E-state index is -3.77. The number of nitrogens with zero attached hydrogens (tertiary/aromatic N) is 2. The van der Waals surface area contributed by atoms with Crippen molar-refractivity contribution in [2.24, 2.45) is 0 Å². The molecule has 0 aliphatic carbocycles. The molecule has 0 unspecified atom stereocenters. The summed E-state index contributed by atoms with van der Waals surface area (Å²) in [6.45, 7) is 4.40. The first-order valence-corrected chi connectivity index (χ1v) is 16.6. The second-order valence-corrected chi connectivity index (χ2v) is 12.5. The van der Waals surface area contributed by atoms with E-state index in [0.29, 0.717) is 57.4 Å². The van der Waals surface area contributed by atoms with Gasteiger partial charge in [-0.15, -0.1) is 0 Å². The number of nitrogens with two attached hydrogens (primary N) is 1. The molecule has 0 spiro atoms. The number of ether oxygens (including phenoxy) is 4. The van der Waals surface area contributed by atoms with Gasteiger partial charge in [-0.2, -0.15) is 14.7 Å². The van der Waals surface area contributed by atoms with Crippen molar-refractivity contribution in [3.05, 3.63) is 70.9 Å². The van der Waals surface area contributed by atoms with Crippen molar-refractivity contribution in [1.29, 1.82) is 0 Å². The predicted molar refractivity (Wildman–Crippen MR) is 172 cm³/mol. The van der Waals surface area contributed by atoms with E-state index in [-0.39, 0.29) is 19.2 Å². The van der Waals surface area contributed by atoms with Gasteiger partial charge in [0, 0.05) is 23.4 Å². The molecule has 2 heterocycles. The predicted octanol–water partition coefficient (Wildman–Crippen LogP) is 3.64. The van der Waals surface area contributed by atoms with Gasteiger partial charge in [-0.3, -0.25) is 9.78 Å². The highest BCUT2D eigenvalue weighted by Gasteiger charge is 2.28. The minimum absolute atomic E-state index is 0.0595. The molecule has 0 fully saturated rings. The quantitative estimate of drug-likeness (QED) is 0.0569. The van der Waals surface area contributed by atoms with Gasteiger partial charge in [0.2, 0.25) is 0 Å². The Bertz CT molecular complexity index is 1580. The van der Waals surface area contributed by atoms with Gasteiger partial charge in [0.1, 0.15) is 17.9 Å². The Morgan fingerprint density at radius 2 is 1.53 bits per heavy atom. The van der Waals surface area contributed by atoms with Crippen LogP contribution in [-0.2, 0) is 38.3 Å². The van der Waals surface area contributed by atoms with Gasteiger partial charge in [-0.1, -0.05) is 18.2 Å². The summed E-state index contributed by atoms with van der Waals surface area (Å²) in [5.41, 5.74) is 12.0. The van der Waals surface area contributed by atoms with E-state index in [2.05, 4.69) is 29.0 Å². The number of aromatic nitrogens is 2. The van der Waals surface area contributed by atoms with Crippen LogP contribution in [0.4, 0.5) is 5.82 Å². The number of aryl methyl sites for hydroxylation is 4. The van der Waals surface area contributed by atoms with Crippen molar-refractivity contribution in [2.75, 3.05) is 58.1 Å². The molecule has 2 aromatic heterocycles. The van der Waals surface area contributed by atoms with Gasteiger partial charge in [0.15, 0.2) is 12.0 Å². The van der Waals surface area contributed by atoms with Gasteiger partial charge in [-0.25, -0.2) is 4.98 Å². The number of fused-ring (bicyclic) bond motifs is 3. The van der Waals surface area contributed by atoms with Gasteiger partial charge in [-0.05, 0) is 72.7 Å². The number of nitrogen functional groups attached to an aromatic ring is 1. The molecule has 0 saturated carbocycles. The summed E-state index contributed by atoms with van der Waals surface area (Å²) < 4.78 is 21.9. The number of pyridine rings is 2. The molecule has 0 saturated heterocycles. The first-order valence-electron chi connectivity index (χ1n) is 14.8. The second kappa shape index (κ2) is 16.7. The second-order valence-electron chi connectivity index (χ2n) is 10.7. The third-order valence-electron chi connectivity index (χ3n) is 7.18. The van der Waals surface area contributed by atoms with Crippen molar-refractivity contribution in [1.82, 2.24) is 9.97 Å². The summed E-state index contributed by atoms with van der Waals surface area (Å²) in [6.07, 6.45) is 3.78. The van der Waals surface area contributed by atoms with E-state index in [9.17, 15) is 4.79 Å². The molecule has 0 aliphatic heterocycles.